The summed E-state index contributed by atoms with van der Waals surface area (Å²) in [5.41, 5.74) is 1.45. The first-order valence-corrected chi connectivity index (χ1v) is 3.99. The number of nitrogens with zero attached hydrogens (tertiary/aromatic N) is 1. The Labute approximate surface area is 77.2 Å². The van der Waals surface area contributed by atoms with Crippen LogP contribution in [0.25, 0.3) is 0 Å². The minimum Gasteiger partial charge on any atom is -0.495 e. The molecule has 13 heavy (non-hydrogen) atoms. The lowest BCUT2D eigenvalue weighted by Gasteiger charge is -2.04. The van der Waals surface area contributed by atoms with Crippen molar-refractivity contribution in [3.63, 3.8) is 0 Å². The van der Waals surface area contributed by atoms with Gasteiger partial charge in [0.2, 0.25) is 0 Å². The highest BCUT2D eigenvalue weighted by molar-refractivity contribution is 5.45. The molecule has 1 aromatic rings. The van der Waals surface area contributed by atoms with Crippen LogP contribution in [-0.2, 0) is 6.42 Å². The number of benzene rings is 1. The highest BCUT2D eigenvalue weighted by Gasteiger charge is 2.02. The Morgan fingerprint density at radius 3 is 2.85 bits per heavy atom. The standard InChI is InChI=1S/C10H11NO2/c1-13-10-3-2-8(4-5-12)6-9(10)7-11/h2-3,6,12H,4-5H2,1H3. The van der Waals surface area contributed by atoms with E-state index in [1.54, 1.807) is 12.1 Å². The van der Waals surface area contributed by atoms with E-state index in [1.807, 2.05) is 12.1 Å². The molecule has 0 unspecified atom stereocenters. The molecule has 0 heterocycles. The zero-order valence-corrected chi connectivity index (χ0v) is 7.45. The molecular formula is C10H11NO2. The van der Waals surface area contributed by atoms with Crippen molar-refractivity contribution in [1.29, 1.82) is 5.26 Å². The molecule has 0 spiro atoms. The molecule has 0 aliphatic rings. The van der Waals surface area contributed by atoms with Crippen LogP contribution in [0.3, 0.4) is 0 Å². The van der Waals surface area contributed by atoms with Crippen LogP contribution in [0.5, 0.6) is 5.75 Å². The van der Waals surface area contributed by atoms with Gasteiger partial charge in [0.05, 0.1) is 12.7 Å². The molecule has 0 bridgehead atoms. The van der Waals surface area contributed by atoms with E-state index < -0.39 is 0 Å². The number of methoxy groups -OCH3 is 1. The van der Waals surface area contributed by atoms with E-state index in [2.05, 4.69) is 0 Å². The van der Waals surface area contributed by atoms with E-state index >= 15 is 0 Å². The molecule has 1 N–H and O–H groups in total. The van der Waals surface area contributed by atoms with Gasteiger partial charge in [-0.15, -0.1) is 0 Å². The smallest absolute Gasteiger partial charge is 0.136 e. The molecule has 1 aromatic carbocycles. The van der Waals surface area contributed by atoms with Gasteiger partial charge in [0.15, 0.2) is 0 Å². The van der Waals surface area contributed by atoms with Crippen LogP contribution in [0.4, 0.5) is 0 Å². The van der Waals surface area contributed by atoms with Crippen LogP contribution in [0.1, 0.15) is 11.1 Å². The van der Waals surface area contributed by atoms with Crippen molar-refractivity contribution in [2.24, 2.45) is 0 Å². The average molecular weight is 177 g/mol. The van der Waals surface area contributed by atoms with Gasteiger partial charge in [-0.2, -0.15) is 5.26 Å². The lowest BCUT2D eigenvalue weighted by atomic mass is 10.1. The normalized spacial score (nSPS) is 9.31. The lowest BCUT2D eigenvalue weighted by Crippen LogP contribution is -1.93. The van der Waals surface area contributed by atoms with Crippen molar-refractivity contribution in [3.8, 4) is 11.8 Å². The number of rotatable bonds is 3. The number of hydrogen-bond donors (Lipinski definition) is 1. The summed E-state index contributed by atoms with van der Waals surface area (Å²) in [7, 11) is 1.53. The van der Waals surface area contributed by atoms with Gasteiger partial charge in [-0.3, -0.25) is 0 Å². The molecular weight excluding hydrogens is 166 g/mol. The first-order chi connectivity index (χ1) is 6.31. The van der Waals surface area contributed by atoms with Crippen LogP contribution in [0.15, 0.2) is 18.2 Å². The van der Waals surface area contributed by atoms with Crippen molar-refractivity contribution in [1.82, 2.24) is 0 Å². The molecule has 3 nitrogen and oxygen atoms in total. The Morgan fingerprint density at radius 2 is 2.31 bits per heavy atom. The molecule has 0 aromatic heterocycles. The van der Waals surface area contributed by atoms with Gasteiger partial charge in [0.25, 0.3) is 0 Å². The second kappa shape index (κ2) is 4.48. The maximum Gasteiger partial charge on any atom is 0.136 e. The van der Waals surface area contributed by atoms with Crippen LogP contribution in [-0.4, -0.2) is 18.8 Å². The molecule has 0 radical (unpaired) electrons. The van der Waals surface area contributed by atoms with Crippen molar-refractivity contribution < 1.29 is 9.84 Å². The van der Waals surface area contributed by atoms with E-state index in [1.165, 1.54) is 7.11 Å². The van der Waals surface area contributed by atoms with Crippen LogP contribution >= 0.6 is 0 Å². The fraction of sp³-hybridized carbons (Fsp3) is 0.300. The highest BCUT2D eigenvalue weighted by Crippen LogP contribution is 2.18. The van der Waals surface area contributed by atoms with Crippen molar-refractivity contribution in [2.45, 2.75) is 6.42 Å². The zero-order valence-electron chi connectivity index (χ0n) is 7.45. The Hall–Kier alpha value is -1.53. The highest BCUT2D eigenvalue weighted by atomic mass is 16.5. The molecule has 0 fully saturated rings. The summed E-state index contributed by atoms with van der Waals surface area (Å²) in [5.74, 6) is 0.573. The predicted octanol–water partition coefficient (Wildman–Crippen LogP) is 1.10. The monoisotopic (exact) mass is 177 g/mol. The molecule has 0 aliphatic carbocycles. The summed E-state index contributed by atoms with van der Waals surface area (Å²) in [6.45, 7) is 0.0944. The van der Waals surface area contributed by atoms with Gasteiger partial charge in [0.1, 0.15) is 11.8 Å². The topological polar surface area (TPSA) is 53.2 Å². The summed E-state index contributed by atoms with van der Waals surface area (Å²) in [4.78, 5) is 0. The Bertz CT molecular complexity index is 328. The fourth-order valence-corrected chi connectivity index (χ4v) is 1.13. The molecule has 0 amide bonds. The van der Waals surface area contributed by atoms with Crippen LogP contribution < -0.4 is 4.74 Å². The quantitative estimate of drug-likeness (QED) is 0.752. The Balaban J connectivity index is 3.00. The van der Waals surface area contributed by atoms with Crippen LogP contribution in [0.2, 0.25) is 0 Å². The average Bonchev–Trinajstić information content (AvgIpc) is 2.18. The number of aliphatic hydroxyl groups is 1. The summed E-state index contributed by atoms with van der Waals surface area (Å²) in [6.07, 6.45) is 0.568. The fourth-order valence-electron chi connectivity index (χ4n) is 1.13. The zero-order chi connectivity index (χ0) is 9.68. The molecule has 68 valence electrons. The van der Waals surface area contributed by atoms with Gasteiger partial charge in [-0.25, -0.2) is 0 Å². The third kappa shape index (κ3) is 2.20. The second-order valence-corrected chi connectivity index (χ2v) is 2.62. The Morgan fingerprint density at radius 1 is 1.54 bits per heavy atom. The van der Waals surface area contributed by atoms with Gasteiger partial charge in [-0.05, 0) is 24.1 Å². The summed E-state index contributed by atoms with van der Waals surface area (Å²) in [6, 6.07) is 7.35. The third-order valence-electron chi connectivity index (χ3n) is 1.78. The summed E-state index contributed by atoms with van der Waals surface area (Å²) in [5, 5.41) is 17.4. The van der Waals surface area contributed by atoms with Crippen molar-refractivity contribution in [3.05, 3.63) is 29.3 Å². The molecule has 1 rings (SSSR count). The molecule has 0 saturated heterocycles. The first kappa shape index (κ1) is 9.56. The second-order valence-electron chi connectivity index (χ2n) is 2.62. The molecule has 0 atom stereocenters. The third-order valence-corrected chi connectivity index (χ3v) is 1.78. The number of nitriles is 1. The van der Waals surface area contributed by atoms with Crippen LogP contribution in [0, 0.1) is 11.3 Å². The minimum absolute atomic E-state index is 0.0944. The predicted molar refractivity (Wildman–Crippen MR) is 48.5 cm³/mol. The summed E-state index contributed by atoms with van der Waals surface area (Å²) < 4.78 is 4.98. The van der Waals surface area contributed by atoms with Gasteiger partial charge >= 0.3 is 0 Å². The molecule has 0 aliphatic heterocycles. The maximum absolute atomic E-state index is 8.75. The van der Waals surface area contributed by atoms with Gasteiger partial charge in [-0.1, -0.05) is 6.07 Å². The molecule has 3 heteroatoms. The van der Waals surface area contributed by atoms with Gasteiger partial charge in [0, 0.05) is 6.61 Å². The SMILES string of the molecule is COc1ccc(CCO)cc1C#N. The number of ether oxygens (including phenoxy) is 1. The van der Waals surface area contributed by atoms with E-state index in [0.717, 1.165) is 5.56 Å². The summed E-state index contributed by atoms with van der Waals surface area (Å²) >= 11 is 0. The number of hydrogen-bond acceptors (Lipinski definition) is 3. The first-order valence-electron chi connectivity index (χ1n) is 3.99. The van der Waals surface area contributed by atoms with E-state index in [0.29, 0.717) is 17.7 Å². The van der Waals surface area contributed by atoms with Gasteiger partial charge < -0.3 is 9.84 Å². The maximum atomic E-state index is 8.75. The van der Waals surface area contributed by atoms with E-state index in [-0.39, 0.29) is 6.61 Å². The van der Waals surface area contributed by atoms with Crippen molar-refractivity contribution >= 4 is 0 Å². The minimum atomic E-state index is 0.0944. The van der Waals surface area contributed by atoms with Crippen molar-refractivity contribution in [2.75, 3.05) is 13.7 Å². The largest absolute Gasteiger partial charge is 0.495 e. The lowest BCUT2D eigenvalue weighted by molar-refractivity contribution is 0.299. The van der Waals surface area contributed by atoms with E-state index in [4.69, 9.17) is 15.1 Å². The van der Waals surface area contributed by atoms with E-state index in [9.17, 15) is 0 Å². The Kier molecular flexibility index (Phi) is 3.30. The number of aliphatic hydroxyl groups excluding tert-OH is 1. The molecule has 0 saturated carbocycles.